The second kappa shape index (κ2) is 47.0. The largest absolute Gasteiger partial charge is 0.495 e. The second-order valence-electron chi connectivity index (χ2n) is 36.1. The smallest absolute Gasteiger partial charge is 0.347 e. The Morgan fingerprint density at radius 2 is 0.931 bits per heavy atom. The predicted molar refractivity (Wildman–Crippen MR) is 477 cm³/mol. The van der Waals surface area contributed by atoms with Gasteiger partial charge in [0.15, 0.2) is 12.2 Å². The Bertz CT molecular complexity index is 5060. The van der Waals surface area contributed by atoms with Crippen molar-refractivity contribution in [1.29, 1.82) is 0 Å². The minimum atomic E-state index is -1.25. The fraction of sp³-hybridized carbons (Fsp3) is 0.532. The van der Waals surface area contributed by atoms with Crippen molar-refractivity contribution in [2.75, 3.05) is 41.4 Å². The number of imide groups is 1. The molecule has 708 valence electrons. The number of carbonyl (C=O) groups excluding carboxylic acids is 11. The van der Waals surface area contributed by atoms with Crippen molar-refractivity contribution >= 4 is 94.5 Å². The summed E-state index contributed by atoms with van der Waals surface area (Å²) >= 11 is 12.7. The Kier molecular flexibility index (Phi) is 36.5. The van der Waals surface area contributed by atoms with Gasteiger partial charge < -0.3 is 69.1 Å². The van der Waals surface area contributed by atoms with Crippen LogP contribution in [0.15, 0.2) is 122 Å². The molecular weight excluding hydrogens is 1730 g/mol. The molecule has 7 heterocycles. The van der Waals surface area contributed by atoms with Gasteiger partial charge in [-0.1, -0.05) is 148 Å². The molecule has 6 aromatic rings. The van der Waals surface area contributed by atoms with E-state index in [0.717, 1.165) is 33.6 Å². The number of rotatable bonds is 33. The van der Waals surface area contributed by atoms with E-state index in [0.29, 0.717) is 89.8 Å². The molecule has 0 radical (unpaired) electrons. The summed E-state index contributed by atoms with van der Waals surface area (Å²) in [6.07, 6.45) is 6.28. The van der Waals surface area contributed by atoms with E-state index in [4.69, 9.17) is 71.0 Å². The number of amides is 6. The fourth-order valence-corrected chi connectivity index (χ4v) is 15.7. The van der Waals surface area contributed by atoms with Gasteiger partial charge in [-0.25, -0.2) is 14.4 Å². The van der Waals surface area contributed by atoms with Gasteiger partial charge in [-0.05, 0) is 149 Å². The summed E-state index contributed by atoms with van der Waals surface area (Å²) in [7, 11) is 6.94. The van der Waals surface area contributed by atoms with Crippen molar-refractivity contribution in [3.63, 3.8) is 0 Å². The SMILES string of the molecule is COc1ccc(C[C@H]2NC(=O)/C=C/C[C@@H]([C@H](C)[C@H]3O[C@@H]3c3ccc(CN(C)Cc4cn(CCCC(=O)O)nn4)cc3)OC(=O)[C@H](CC(C)C)OC(=O)C(C)(C)CNC2=O)cc1Cl.COc1ccc(C[C@H]2NC(=O)/C=C/C[C@@H]([C@H](C)[C@H]3O[C@@H]3c3ccc(CN(C)Cc4cn(CCCC(=O)ON5C(=O)CCC5=O)nn4)cc3)OC(=O)[C@H](CC(C)C)OC(=O)C(C)(C)CNC2=O)cc1Cl. The highest BCUT2D eigenvalue weighted by Gasteiger charge is 2.50. The number of esters is 4. The quantitative estimate of drug-likeness (QED) is 0.0111. The van der Waals surface area contributed by atoms with E-state index >= 15 is 0 Å². The van der Waals surface area contributed by atoms with Crippen LogP contribution in [0.2, 0.25) is 10.0 Å². The molecule has 11 rings (SSSR count). The number of carboxylic acid groups (broad SMARTS) is 1. The maximum atomic E-state index is 13.9. The Hall–Kier alpha value is -11.5. The van der Waals surface area contributed by atoms with Crippen LogP contribution in [-0.2, 0) is 143 Å². The van der Waals surface area contributed by atoms with E-state index in [1.165, 1.54) is 26.4 Å². The first-order valence-electron chi connectivity index (χ1n) is 44.1. The van der Waals surface area contributed by atoms with Crippen molar-refractivity contribution in [2.24, 2.45) is 34.5 Å². The fourth-order valence-electron chi connectivity index (χ4n) is 15.2. The standard InChI is InChI=1S/C49H62ClN7O12.C45H59ClN6O10/c1-29(2)22-39-47(63)66-37(10-8-11-40(58)52-36(24-32-15-18-38(65-7)35(50)23-32)46(62)51-28-49(4,5)48(64)67-39)30(3)44-45(68-44)33-16-13-31(14-17-33)25-55(6)26-34-27-56(54-53-34)21-9-12-43(61)69-57-41(59)19-20-42(57)60;1-27(2)20-37-43(57)60-35(10-8-11-38(53)48-34(22-30-15-18-36(59-7)33(46)21-30)42(56)47-26-45(4,5)44(58)61-37)28(3)40-41(62-40)31-16-13-29(14-17-31)23-51(6)24-32-25-52(50-49-32)19-9-12-39(54)55/h8,11,13-18,23,27,29-30,36-37,39,44-45H,9-10,12,19-22,24-26,28H2,1-7H3,(H,51,62)(H,52,58);8,11,13-18,21,25,27-28,34-35,37,40-41H,9-10,12,19-20,22-24,26H2,1-7H3,(H,47,56)(H,48,53)(H,54,55)/b2*11-8+/t30-,36+,37-,39-,44+,45+;28-,34+,35-,37-,40+,41+/m00/s1. The van der Waals surface area contributed by atoms with Crippen LogP contribution in [0.1, 0.15) is 190 Å². The highest BCUT2D eigenvalue weighted by molar-refractivity contribution is 6.32. The van der Waals surface area contributed by atoms with Crippen molar-refractivity contribution in [3.05, 3.63) is 176 Å². The summed E-state index contributed by atoms with van der Waals surface area (Å²) in [6, 6.07) is 24.3. The number of hydrogen-bond donors (Lipinski definition) is 5. The first kappa shape index (κ1) is 102. The molecule has 3 saturated heterocycles. The van der Waals surface area contributed by atoms with Gasteiger partial charge in [0.05, 0.1) is 58.7 Å². The molecular formula is C94H121Cl2N13O22. The lowest BCUT2D eigenvalue weighted by Crippen LogP contribution is -2.51. The van der Waals surface area contributed by atoms with E-state index in [1.807, 2.05) is 110 Å². The molecule has 0 bridgehead atoms. The predicted octanol–water partition coefficient (Wildman–Crippen LogP) is 9.95. The van der Waals surface area contributed by atoms with Gasteiger partial charge in [-0.3, -0.25) is 62.3 Å². The Balaban J connectivity index is 0.000000274. The number of aliphatic carboxylic acids is 1. The zero-order valence-electron chi connectivity index (χ0n) is 76.6. The molecule has 3 fully saturated rings. The molecule has 0 spiro atoms. The third kappa shape index (κ3) is 30.5. The molecule has 0 saturated carbocycles. The number of aromatic nitrogens is 6. The Labute approximate surface area is 772 Å². The average molecular weight is 1860 g/mol. The van der Waals surface area contributed by atoms with E-state index in [9.17, 15) is 57.5 Å². The number of carboxylic acids is 1. The summed E-state index contributed by atoms with van der Waals surface area (Å²) in [6.45, 7) is 20.9. The number of halogens is 2. The van der Waals surface area contributed by atoms with Gasteiger partial charge in [-0.2, -0.15) is 0 Å². The van der Waals surface area contributed by atoms with Crippen molar-refractivity contribution in [2.45, 2.75) is 246 Å². The van der Waals surface area contributed by atoms with Crippen molar-refractivity contribution in [1.82, 2.24) is 66.1 Å². The zero-order valence-corrected chi connectivity index (χ0v) is 78.1. The lowest BCUT2D eigenvalue weighted by molar-refractivity contribution is -0.197. The molecule has 5 N–H and O–H groups in total. The summed E-state index contributed by atoms with van der Waals surface area (Å²) in [5.74, 6) is -7.23. The van der Waals surface area contributed by atoms with Crippen LogP contribution in [0.5, 0.6) is 11.5 Å². The third-order valence-corrected chi connectivity index (χ3v) is 23.5. The molecule has 37 heteroatoms. The number of carbonyl (C=O) groups is 12. The summed E-state index contributed by atoms with van der Waals surface area (Å²) < 4.78 is 50.2. The molecule has 5 aliphatic rings. The maximum absolute atomic E-state index is 13.9. The highest BCUT2D eigenvalue weighted by Crippen LogP contribution is 2.47. The van der Waals surface area contributed by atoms with Crippen LogP contribution in [0.3, 0.4) is 0 Å². The van der Waals surface area contributed by atoms with Gasteiger partial charge in [0, 0.05) is 128 Å². The monoisotopic (exact) mass is 1850 g/mol. The molecule has 6 amide bonds. The van der Waals surface area contributed by atoms with Gasteiger partial charge in [0.1, 0.15) is 48.0 Å². The summed E-state index contributed by atoms with van der Waals surface area (Å²) in [4.78, 5) is 164. The zero-order chi connectivity index (χ0) is 95.1. The minimum absolute atomic E-state index is 0.00366. The van der Waals surface area contributed by atoms with Crippen LogP contribution in [0, 0.1) is 34.5 Å². The Morgan fingerprint density at radius 3 is 1.31 bits per heavy atom. The van der Waals surface area contributed by atoms with E-state index in [-0.39, 0.29) is 125 Å². The van der Waals surface area contributed by atoms with E-state index in [2.05, 4.69) is 51.7 Å². The molecule has 0 unspecified atom stereocenters. The minimum Gasteiger partial charge on any atom is -0.495 e. The number of hydroxylamine groups is 2. The van der Waals surface area contributed by atoms with Crippen LogP contribution in [-0.4, -0.2) is 211 Å². The van der Waals surface area contributed by atoms with Gasteiger partial charge in [0.2, 0.25) is 23.6 Å². The lowest BCUT2D eigenvalue weighted by Gasteiger charge is -2.29. The summed E-state index contributed by atoms with van der Waals surface area (Å²) in [5.41, 5.74) is 4.40. The van der Waals surface area contributed by atoms with Crippen LogP contribution < -0.4 is 30.7 Å². The van der Waals surface area contributed by atoms with Crippen LogP contribution in [0.25, 0.3) is 0 Å². The van der Waals surface area contributed by atoms with Gasteiger partial charge >= 0.3 is 35.8 Å². The number of nitrogens with zero attached hydrogens (tertiary/aromatic N) is 9. The molecule has 0 aliphatic carbocycles. The number of hydrogen-bond acceptors (Lipinski definition) is 27. The number of methoxy groups -OCH3 is 2. The molecule has 5 aliphatic heterocycles. The number of epoxide rings is 2. The number of aryl methyl sites for hydroxylation is 2. The highest BCUT2D eigenvalue weighted by atomic mass is 35.5. The first-order valence-corrected chi connectivity index (χ1v) is 44.9. The first-order chi connectivity index (χ1) is 62.2. The van der Waals surface area contributed by atoms with Crippen molar-refractivity contribution < 1.29 is 105 Å². The average Bonchev–Trinajstić information content (AvgIpc) is 1.63. The van der Waals surface area contributed by atoms with Crippen LogP contribution >= 0.6 is 23.2 Å². The second-order valence-corrected chi connectivity index (χ2v) is 36.9. The number of nitrogens with one attached hydrogen (secondary N) is 4. The normalized spacial score (nSPS) is 23.3. The molecule has 131 heavy (non-hydrogen) atoms. The van der Waals surface area contributed by atoms with Gasteiger partial charge in [-0.15, -0.1) is 15.3 Å². The lowest BCUT2D eigenvalue weighted by atomic mass is 9.92. The number of cyclic esters (lactones) is 4. The van der Waals surface area contributed by atoms with E-state index < -0.39 is 119 Å². The third-order valence-electron chi connectivity index (χ3n) is 22.9. The molecule has 35 nitrogen and oxygen atoms in total. The van der Waals surface area contributed by atoms with E-state index in [1.54, 1.807) is 91.8 Å². The molecule has 12 atom stereocenters. The van der Waals surface area contributed by atoms with Crippen LogP contribution in [0.4, 0.5) is 0 Å². The Morgan fingerprint density at radius 1 is 0.542 bits per heavy atom. The number of benzene rings is 4. The molecule has 4 aromatic carbocycles. The van der Waals surface area contributed by atoms with Gasteiger partial charge in [0.25, 0.3) is 11.8 Å². The number of ether oxygens (including phenoxy) is 8. The molecule has 2 aromatic heterocycles. The van der Waals surface area contributed by atoms with Crippen molar-refractivity contribution in [3.8, 4) is 11.5 Å². The topological polar surface area (TPSA) is 434 Å². The summed E-state index contributed by atoms with van der Waals surface area (Å²) in [5, 5.41) is 38.0. The maximum Gasteiger partial charge on any atom is 0.347 e.